The van der Waals surface area contributed by atoms with Crippen LogP contribution in [0.5, 0.6) is 0 Å². The molecule has 1 fully saturated rings. The lowest BCUT2D eigenvalue weighted by Crippen LogP contribution is -2.29. The Bertz CT molecular complexity index is 958. The number of aromatic amines is 1. The smallest absolute Gasteiger partial charge is 0.216 e. The highest BCUT2D eigenvalue weighted by Crippen LogP contribution is 2.41. The van der Waals surface area contributed by atoms with Gasteiger partial charge in [0.05, 0.1) is 6.54 Å². The lowest BCUT2D eigenvalue weighted by atomic mass is 9.97. The number of nitrogens with one attached hydrogen (secondary N) is 1. The summed E-state index contributed by atoms with van der Waals surface area (Å²) < 4.78 is 0. The molecule has 1 aliphatic carbocycles. The van der Waals surface area contributed by atoms with Gasteiger partial charge in [0.15, 0.2) is 0 Å². The lowest BCUT2D eigenvalue weighted by molar-refractivity contribution is 0.216. The van der Waals surface area contributed by atoms with Crippen molar-refractivity contribution in [3.05, 3.63) is 16.3 Å². The highest BCUT2D eigenvalue weighted by Gasteiger charge is 2.23. The third-order valence-electron chi connectivity index (χ3n) is 5.31. The van der Waals surface area contributed by atoms with Crippen molar-refractivity contribution in [2.24, 2.45) is 0 Å². The van der Waals surface area contributed by atoms with Gasteiger partial charge in [-0.2, -0.15) is 4.98 Å². The van der Waals surface area contributed by atoms with Crippen LogP contribution in [0.2, 0.25) is 0 Å². The van der Waals surface area contributed by atoms with Gasteiger partial charge in [-0.05, 0) is 68.9 Å². The summed E-state index contributed by atoms with van der Waals surface area (Å²) in [6, 6.07) is 0. The number of fused-ring (bicyclic) bond motifs is 3. The van der Waals surface area contributed by atoms with Crippen LogP contribution in [0.4, 0.5) is 5.95 Å². The number of H-pyrrole nitrogens is 1. The van der Waals surface area contributed by atoms with E-state index >= 15 is 0 Å². The molecule has 0 radical (unpaired) electrons. The molecule has 4 heterocycles. The maximum Gasteiger partial charge on any atom is 0.216 e. The predicted molar refractivity (Wildman–Crippen MR) is 108 cm³/mol. The number of thiophene rings is 1. The first-order valence-corrected chi connectivity index (χ1v) is 11.3. The average molecular weight is 402 g/mol. The molecule has 9 heteroatoms. The van der Waals surface area contributed by atoms with Crippen molar-refractivity contribution in [2.75, 3.05) is 18.8 Å². The Morgan fingerprint density at radius 3 is 2.70 bits per heavy atom. The van der Waals surface area contributed by atoms with E-state index in [1.165, 1.54) is 59.7 Å². The first-order valence-electron chi connectivity index (χ1n) is 9.65. The van der Waals surface area contributed by atoms with Crippen LogP contribution in [0.1, 0.15) is 48.4 Å². The number of hydrogen-bond donors (Lipinski definition) is 2. The number of nitrogen functional groups attached to an aromatic ring is 1. The van der Waals surface area contributed by atoms with Crippen LogP contribution < -0.4 is 5.73 Å². The third kappa shape index (κ3) is 3.55. The van der Waals surface area contributed by atoms with E-state index in [0.29, 0.717) is 11.1 Å². The van der Waals surface area contributed by atoms with Crippen molar-refractivity contribution in [3.8, 4) is 0 Å². The molecule has 0 saturated carbocycles. The van der Waals surface area contributed by atoms with E-state index < -0.39 is 0 Å². The summed E-state index contributed by atoms with van der Waals surface area (Å²) in [5, 5.41) is 9.72. The SMILES string of the molecule is Nc1nc(Sc2nc(CN3CCCCC3)nc3sc4c(c23)CCCC4)n[nH]1. The van der Waals surface area contributed by atoms with E-state index in [1.54, 1.807) is 0 Å². The molecule has 142 valence electrons. The number of anilines is 1. The Balaban J connectivity index is 1.56. The van der Waals surface area contributed by atoms with Crippen molar-refractivity contribution in [3.63, 3.8) is 0 Å². The van der Waals surface area contributed by atoms with Gasteiger partial charge in [0, 0.05) is 10.3 Å². The zero-order chi connectivity index (χ0) is 18.2. The molecule has 2 aliphatic rings. The number of hydrogen-bond acceptors (Lipinski definition) is 8. The minimum atomic E-state index is 0.337. The fraction of sp³-hybridized carbons (Fsp3) is 0.556. The molecule has 0 atom stereocenters. The summed E-state index contributed by atoms with van der Waals surface area (Å²) in [5.74, 6) is 1.25. The molecule has 0 spiro atoms. The monoisotopic (exact) mass is 401 g/mol. The fourth-order valence-corrected chi connectivity index (χ4v) is 6.24. The largest absolute Gasteiger partial charge is 0.368 e. The normalized spacial score (nSPS) is 18.1. The first-order chi connectivity index (χ1) is 13.3. The summed E-state index contributed by atoms with van der Waals surface area (Å²) in [4.78, 5) is 19.3. The number of nitrogens with two attached hydrogens (primary N) is 1. The molecule has 1 saturated heterocycles. The summed E-state index contributed by atoms with van der Waals surface area (Å²) in [7, 11) is 0. The van der Waals surface area contributed by atoms with Gasteiger partial charge in [0.2, 0.25) is 11.1 Å². The van der Waals surface area contributed by atoms with Gasteiger partial charge in [-0.25, -0.2) is 15.1 Å². The number of likely N-dealkylation sites (tertiary alicyclic amines) is 1. The van der Waals surface area contributed by atoms with E-state index in [9.17, 15) is 0 Å². The highest BCUT2D eigenvalue weighted by atomic mass is 32.2. The molecule has 0 unspecified atom stereocenters. The highest BCUT2D eigenvalue weighted by molar-refractivity contribution is 7.99. The van der Waals surface area contributed by atoms with E-state index in [-0.39, 0.29) is 0 Å². The molecule has 3 aromatic heterocycles. The Morgan fingerprint density at radius 2 is 1.89 bits per heavy atom. The van der Waals surface area contributed by atoms with Gasteiger partial charge in [0.25, 0.3) is 0 Å². The minimum absolute atomic E-state index is 0.337. The maximum absolute atomic E-state index is 5.71. The average Bonchev–Trinajstić information content (AvgIpc) is 3.25. The lowest BCUT2D eigenvalue weighted by Gasteiger charge is -2.25. The van der Waals surface area contributed by atoms with E-state index in [4.69, 9.17) is 15.7 Å². The molecule has 0 bridgehead atoms. The Labute approximate surface area is 166 Å². The van der Waals surface area contributed by atoms with Crippen molar-refractivity contribution >= 4 is 39.3 Å². The zero-order valence-electron chi connectivity index (χ0n) is 15.2. The topological polar surface area (TPSA) is 96.6 Å². The van der Waals surface area contributed by atoms with Gasteiger partial charge in [-0.3, -0.25) is 4.90 Å². The molecule has 3 aromatic rings. The molecule has 0 amide bonds. The van der Waals surface area contributed by atoms with Gasteiger partial charge >= 0.3 is 0 Å². The number of aryl methyl sites for hydroxylation is 2. The molecular formula is C18H23N7S2. The molecule has 0 aromatic carbocycles. The van der Waals surface area contributed by atoms with Crippen molar-refractivity contribution in [1.29, 1.82) is 0 Å². The molecule has 3 N–H and O–H groups in total. The summed E-state index contributed by atoms with van der Waals surface area (Å²) >= 11 is 3.34. The first kappa shape index (κ1) is 17.4. The number of piperidine rings is 1. The minimum Gasteiger partial charge on any atom is -0.368 e. The zero-order valence-corrected chi connectivity index (χ0v) is 16.8. The Hall–Kier alpha value is -1.71. The van der Waals surface area contributed by atoms with Crippen LogP contribution in [0.25, 0.3) is 10.2 Å². The van der Waals surface area contributed by atoms with Crippen molar-refractivity contribution in [1.82, 2.24) is 30.0 Å². The summed E-state index contributed by atoms with van der Waals surface area (Å²) in [6.07, 6.45) is 8.67. The number of nitrogens with zero attached hydrogens (tertiary/aromatic N) is 5. The third-order valence-corrected chi connectivity index (χ3v) is 7.35. The van der Waals surface area contributed by atoms with Crippen LogP contribution in [0.15, 0.2) is 10.2 Å². The van der Waals surface area contributed by atoms with Gasteiger partial charge in [0.1, 0.15) is 15.7 Å². The molecule has 1 aliphatic heterocycles. The molecular weight excluding hydrogens is 378 g/mol. The summed E-state index contributed by atoms with van der Waals surface area (Å²) in [6.45, 7) is 3.10. The molecule has 27 heavy (non-hydrogen) atoms. The van der Waals surface area contributed by atoms with E-state index in [1.807, 2.05) is 11.3 Å². The van der Waals surface area contributed by atoms with Crippen LogP contribution in [-0.4, -0.2) is 43.1 Å². The second kappa shape index (κ2) is 7.37. The predicted octanol–water partition coefficient (Wildman–Crippen LogP) is 3.41. The van der Waals surface area contributed by atoms with Gasteiger partial charge in [-0.15, -0.1) is 16.4 Å². The molecule has 7 nitrogen and oxygen atoms in total. The second-order valence-corrected chi connectivity index (χ2v) is 9.32. The fourth-order valence-electron chi connectivity index (χ4n) is 4.02. The Kier molecular flexibility index (Phi) is 4.75. The quantitative estimate of drug-likeness (QED) is 0.647. The van der Waals surface area contributed by atoms with E-state index in [0.717, 1.165) is 48.2 Å². The number of aromatic nitrogens is 5. The van der Waals surface area contributed by atoms with Crippen LogP contribution in [0, 0.1) is 0 Å². The van der Waals surface area contributed by atoms with Gasteiger partial charge in [-0.1, -0.05) is 6.42 Å². The standard InChI is InChI=1S/C18H23N7S2/c19-17-22-18(24-23-17)27-16-14-11-6-2-3-7-12(11)26-15(14)20-13(21-16)10-25-8-4-1-5-9-25/h1-10H2,(H3,19,22,23,24). The number of rotatable bonds is 4. The molecule has 5 rings (SSSR count). The van der Waals surface area contributed by atoms with Crippen molar-refractivity contribution in [2.45, 2.75) is 61.7 Å². The van der Waals surface area contributed by atoms with E-state index in [2.05, 4.69) is 20.1 Å². The van der Waals surface area contributed by atoms with Gasteiger partial charge < -0.3 is 5.73 Å². The van der Waals surface area contributed by atoms with Crippen LogP contribution in [0.3, 0.4) is 0 Å². The van der Waals surface area contributed by atoms with Crippen LogP contribution in [-0.2, 0) is 19.4 Å². The van der Waals surface area contributed by atoms with Crippen molar-refractivity contribution < 1.29 is 0 Å². The summed E-state index contributed by atoms with van der Waals surface area (Å²) in [5.41, 5.74) is 7.15. The van der Waals surface area contributed by atoms with Crippen LogP contribution >= 0.6 is 23.1 Å². The second-order valence-electron chi connectivity index (χ2n) is 7.28. The maximum atomic E-state index is 5.71. The Morgan fingerprint density at radius 1 is 1.04 bits per heavy atom.